The van der Waals surface area contributed by atoms with Crippen LogP contribution in [0.3, 0.4) is 0 Å². The van der Waals surface area contributed by atoms with E-state index >= 15 is 0 Å². The Morgan fingerprint density at radius 3 is 2.93 bits per heavy atom. The van der Waals surface area contributed by atoms with Gasteiger partial charge in [0, 0.05) is 7.05 Å². The maximum atomic E-state index is 11.6. The molecule has 0 aromatic carbocycles. The van der Waals surface area contributed by atoms with Crippen LogP contribution in [0.1, 0.15) is 9.67 Å². The fourth-order valence-corrected chi connectivity index (χ4v) is 1.45. The lowest BCUT2D eigenvalue weighted by Crippen LogP contribution is -2.14. The predicted octanol–water partition coefficient (Wildman–Crippen LogP) is 0.106. The molecule has 0 unspecified atom stereocenters. The summed E-state index contributed by atoms with van der Waals surface area (Å²) in [5, 5.41) is 10.1. The molecule has 3 N–H and O–H groups in total. The zero-order valence-electron chi connectivity index (χ0n) is 7.84. The summed E-state index contributed by atoms with van der Waals surface area (Å²) in [5.41, 5.74) is 6.04. The van der Waals surface area contributed by atoms with E-state index in [0.29, 0.717) is 16.4 Å². The molecule has 0 aliphatic carbocycles. The first-order valence-corrected chi connectivity index (χ1v) is 4.82. The van der Waals surface area contributed by atoms with Gasteiger partial charge in [0.1, 0.15) is 4.88 Å². The largest absolute Gasteiger partial charge is 0.394 e. The van der Waals surface area contributed by atoms with E-state index in [9.17, 15) is 4.79 Å². The number of nitrogens with one attached hydrogen (secondary N) is 1. The number of aryl methyl sites for hydroxylation is 1. The molecule has 0 bridgehead atoms. The van der Waals surface area contributed by atoms with Crippen LogP contribution in [0.4, 0.5) is 11.5 Å². The molecule has 78 valence electrons. The quantitative estimate of drug-likeness (QED) is 0.754. The van der Waals surface area contributed by atoms with Gasteiger partial charge >= 0.3 is 0 Å². The fraction of sp³-hybridized carbons (Fsp3) is 0.143. The zero-order valence-corrected chi connectivity index (χ0v) is 8.65. The number of aromatic nitrogens is 4. The second kappa shape index (κ2) is 3.65. The Morgan fingerprint density at radius 2 is 2.40 bits per heavy atom. The summed E-state index contributed by atoms with van der Waals surface area (Å²) in [6.45, 7) is 0. The van der Waals surface area contributed by atoms with E-state index < -0.39 is 0 Å². The van der Waals surface area contributed by atoms with Crippen molar-refractivity contribution in [2.75, 3.05) is 11.1 Å². The summed E-state index contributed by atoms with van der Waals surface area (Å²) in [7, 11) is 1.69. The Morgan fingerprint density at radius 1 is 1.60 bits per heavy atom. The predicted molar refractivity (Wildman–Crippen MR) is 55.5 cm³/mol. The molecule has 15 heavy (non-hydrogen) atoms. The topological polar surface area (TPSA) is 98.7 Å². The first kappa shape index (κ1) is 9.59. The van der Waals surface area contributed by atoms with Crippen molar-refractivity contribution in [1.82, 2.24) is 19.4 Å². The van der Waals surface area contributed by atoms with Gasteiger partial charge in [-0.25, -0.2) is 0 Å². The van der Waals surface area contributed by atoms with Gasteiger partial charge in [-0.1, -0.05) is 4.49 Å². The normalized spacial score (nSPS) is 10.2. The molecule has 8 heteroatoms. The van der Waals surface area contributed by atoms with E-state index in [-0.39, 0.29) is 5.91 Å². The van der Waals surface area contributed by atoms with E-state index in [1.807, 2.05) is 0 Å². The second-order valence-corrected chi connectivity index (χ2v) is 3.59. The highest BCUT2D eigenvalue weighted by molar-refractivity contribution is 7.07. The first-order chi connectivity index (χ1) is 7.18. The number of hydrogen-bond acceptors (Lipinski definition) is 6. The van der Waals surface area contributed by atoms with Crippen LogP contribution in [0, 0.1) is 0 Å². The third kappa shape index (κ3) is 1.79. The van der Waals surface area contributed by atoms with Crippen LogP contribution >= 0.6 is 11.5 Å². The molecule has 0 saturated heterocycles. The monoisotopic (exact) mass is 224 g/mol. The number of nitrogens with two attached hydrogens (primary N) is 1. The number of nitrogen functional groups attached to an aromatic ring is 1. The number of rotatable bonds is 2. The van der Waals surface area contributed by atoms with Crippen LogP contribution < -0.4 is 11.1 Å². The molecule has 0 aliphatic heterocycles. The van der Waals surface area contributed by atoms with Crippen LogP contribution in [-0.2, 0) is 7.05 Å². The Bertz CT molecular complexity index is 456. The fourth-order valence-electron chi connectivity index (χ4n) is 1.04. The van der Waals surface area contributed by atoms with E-state index in [0.717, 1.165) is 11.5 Å². The van der Waals surface area contributed by atoms with Gasteiger partial charge in [-0.3, -0.25) is 9.48 Å². The summed E-state index contributed by atoms with van der Waals surface area (Å²) in [6.07, 6.45) is 2.87. The lowest BCUT2D eigenvalue weighted by Gasteiger charge is -2.03. The van der Waals surface area contributed by atoms with Crippen LogP contribution in [0.2, 0.25) is 0 Å². The smallest absolute Gasteiger partial charge is 0.270 e. The molecule has 2 aromatic rings. The van der Waals surface area contributed by atoms with Crippen molar-refractivity contribution in [3.8, 4) is 0 Å². The molecule has 2 aromatic heterocycles. The van der Waals surface area contributed by atoms with Gasteiger partial charge in [0.15, 0.2) is 5.82 Å². The molecule has 0 fully saturated rings. The van der Waals surface area contributed by atoms with Crippen molar-refractivity contribution in [1.29, 1.82) is 0 Å². The number of anilines is 2. The molecule has 0 aliphatic rings. The maximum Gasteiger partial charge on any atom is 0.270 e. The minimum absolute atomic E-state index is 0.291. The second-order valence-electron chi connectivity index (χ2n) is 2.81. The van der Waals surface area contributed by atoms with Gasteiger partial charge < -0.3 is 11.1 Å². The van der Waals surface area contributed by atoms with E-state index in [1.165, 1.54) is 17.1 Å². The van der Waals surface area contributed by atoms with Gasteiger partial charge in [0.25, 0.3) is 5.91 Å². The Balaban J connectivity index is 2.20. The first-order valence-electron chi connectivity index (χ1n) is 4.04. The van der Waals surface area contributed by atoms with Crippen LogP contribution in [0.5, 0.6) is 0 Å². The Hall–Kier alpha value is -1.96. The zero-order chi connectivity index (χ0) is 10.8. The van der Waals surface area contributed by atoms with Gasteiger partial charge in [-0.15, -0.1) is 5.10 Å². The van der Waals surface area contributed by atoms with Crippen molar-refractivity contribution >= 4 is 28.9 Å². The van der Waals surface area contributed by atoms with Crippen LogP contribution in [0.15, 0.2) is 12.4 Å². The number of carbonyl (C=O) groups is 1. The summed E-state index contributed by atoms with van der Waals surface area (Å²) < 4.78 is 5.08. The number of nitrogens with zero attached hydrogens (tertiary/aromatic N) is 4. The molecule has 0 spiro atoms. The molecule has 0 radical (unpaired) electrons. The van der Waals surface area contributed by atoms with Crippen LogP contribution in [-0.4, -0.2) is 25.3 Å². The summed E-state index contributed by atoms with van der Waals surface area (Å²) in [5.74, 6) is 0.175. The summed E-state index contributed by atoms with van der Waals surface area (Å²) in [6, 6.07) is 0. The van der Waals surface area contributed by atoms with E-state index in [2.05, 4.69) is 20.0 Å². The SMILES string of the molecule is Cn1ncc(N)c1NC(=O)c1cnns1. The maximum absolute atomic E-state index is 11.6. The Labute approximate surface area is 89.1 Å². The van der Waals surface area contributed by atoms with Crippen molar-refractivity contribution in [2.45, 2.75) is 0 Å². The highest BCUT2D eigenvalue weighted by Crippen LogP contribution is 2.17. The molecule has 1 amide bonds. The third-order valence-electron chi connectivity index (χ3n) is 1.78. The number of carbonyl (C=O) groups excluding carboxylic acids is 1. The molecular formula is C7H8N6OS. The third-order valence-corrected chi connectivity index (χ3v) is 2.45. The molecule has 0 saturated carbocycles. The molecule has 0 atom stereocenters. The average molecular weight is 224 g/mol. The van der Waals surface area contributed by atoms with Crippen molar-refractivity contribution in [3.63, 3.8) is 0 Å². The van der Waals surface area contributed by atoms with E-state index in [4.69, 9.17) is 5.73 Å². The highest BCUT2D eigenvalue weighted by atomic mass is 32.1. The van der Waals surface area contributed by atoms with Crippen molar-refractivity contribution in [2.24, 2.45) is 7.05 Å². The molecule has 2 rings (SSSR count). The lowest BCUT2D eigenvalue weighted by atomic mass is 10.4. The van der Waals surface area contributed by atoms with Gasteiger partial charge in [-0.05, 0) is 11.5 Å². The van der Waals surface area contributed by atoms with Crippen molar-refractivity contribution < 1.29 is 4.79 Å². The van der Waals surface area contributed by atoms with Gasteiger partial charge in [-0.2, -0.15) is 5.10 Å². The van der Waals surface area contributed by atoms with Crippen molar-refractivity contribution in [3.05, 3.63) is 17.3 Å². The highest BCUT2D eigenvalue weighted by Gasteiger charge is 2.12. The van der Waals surface area contributed by atoms with E-state index in [1.54, 1.807) is 7.05 Å². The summed E-state index contributed by atoms with van der Waals surface area (Å²) in [4.78, 5) is 12.0. The molecule has 7 nitrogen and oxygen atoms in total. The molecular weight excluding hydrogens is 216 g/mol. The summed E-state index contributed by atoms with van der Waals surface area (Å²) >= 11 is 1.02. The van der Waals surface area contributed by atoms with Crippen LogP contribution in [0.25, 0.3) is 0 Å². The number of hydrogen-bond donors (Lipinski definition) is 2. The minimum atomic E-state index is -0.291. The van der Waals surface area contributed by atoms with Gasteiger partial charge in [0.05, 0.1) is 18.1 Å². The number of amides is 1. The lowest BCUT2D eigenvalue weighted by molar-refractivity contribution is 0.102. The standard InChI is InChI=1S/C7H8N6OS/c1-13-6(4(8)2-10-13)11-7(14)5-3-9-12-15-5/h2-3H,8H2,1H3,(H,11,14). The molecule has 2 heterocycles. The Kier molecular flexibility index (Phi) is 2.34. The minimum Gasteiger partial charge on any atom is -0.394 e. The van der Waals surface area contributed by atoms with Gasteiger partial charge in [0.2, 0.25) is 0 Å². The average Bonchev–Trinajstić information content (AvgIpc) is 2.82.